The Hall–Kier alpha value is -1.77. The van der Waals surface area contributed by atoms with Crippen LogP contribution in [0.2, 0.25) is 0 Å². The fourth-order valence-corrected chi connectivity index (χ4v) is 3.65. The molecule has 1 aromatic carbocycles. The van der Waals surface area contributed by atoms with Crippen molar-refractivity contribution in [1.29, 1.82) is 0 Å². The summed E-state index contributed by atoms with van der Waals surface area (Å²) in [7, 11) is 0. The Bertz CT molecular complexity index is 795. The minimum absolute atomic E-state index is 0. The highest BCUT2D eigenvalue weighted by molar-refractivity contribution is 14.0. The number of aliphatic imine (C=N–C) groups is 1. The predicted molar refractivity (Wildman–Crippen MR) is 127 cm³/mol. The molecule has 1 aliphatic rings. The van der Waals surface area contributed by atoms with Crippen molar-refractivity contribution in [2.45, 2.75) is 39.5 Å². The lowest BCUT2D eigenvalue weighted by atomic mass is 10.1. The van der Waals surface area contributed by atoms with Crippen LogP contribution in [0.1, 0.15) is 37.8 Å². The van der Waals surface area contributed by atoms with Gasteiger partial charge >= 0.3 is 0 Å². The highest BCUT2D eigenvalue weighted by Crippen LogP contribution is 2.22. The van der Waals surface area contributed by atoms with Crippen molar-refractivity contribution in [1.82, 2.24) is 20.5 Å². The van der Waals surface area contributed by atoms with Crippen molar-refractivity contribution in [2.24, 2.45) is 4.99 Å². The number of guanidine groups is 1. The molecule has 7 heteroatoms. The van der Waals surface area contributed by atoms with Crippen LogP contribution in [-0.2, 0) is 17.6 Å². The molecule has 0 aliphatic carbocycles. The fraction of sp³-hybridized carbons (Fsp3) is 0.524. The number of carbonyl (C=O) groups excluding carboxylic acids is 1. The van der Waals surface area contributed by atoms with Gasteiger partial charge in [-0.3, -0.25) is 4.79 Å². The number of para-hydroxylation sites is 1. The first-order valence-electron chi connectivity index (χ1n) is 10.1. The highest BCUT2D eigenvalue weighted by atomic mass is 127. The second-order valence-corrected chi connectivity index (χ2v) is 6.97. The molecular weight excluding hydrogens is 465 g/mol. The molecule has 2 heterocycles. The molecule has 3 rings (SSSR count). The third-order valence-electron chi connectivity index (χ3n) is 5.13. The molecule has 2 aromatic rings. The lowest BCUT2D eigenvalue weighted by molar-refractivity contribution is -0.128. The summed E-state index contributed by atoms with van der Waals surface area (Å²) < 4.78 is 0. The Morgan fingerprint density at radius 2 is 1.96 bits per heavy atom. The number of hydrogen-bond acceptors (Lipinski definition) is 2. The third kappa shape index (κ3) is 5.62. The van der Waals surface area contributed by atoms with Crippen LogP contribution in [0.4, 0.5) is 0 Å². The second-order valence-electron chi connectivity index (χ2n) is 6.97. The van der Waals surface area contributed by atoms with Gasteiger partial charge in [0.15, 0.2) is 5.96 Å². The molecule has 6 nitrogen and oxygen atoms in total. The molecule has 1 aliphatic heterocycles. The van der Waals surface area contributed by atoms with E-state index in [9.17, 15) is 4.79 Å². The van der Waals surface area contributed by atoms with E-state index in [2.05, 4.69) is 51.9 Å². The van der Waals surface area contributed by atoms with Crippen molar-refractivity contribution >= 4 is 46.7 Å². The molecule has 0 unspecified atom stereocenters. The number of halogens is 1. The van der Waals surface area contributed by atoms with Crippen LogP contribution in [0.3, 0.4) is 0 Å². The summed E-state index contributed by atoms with van der Waals surface area (Å²) in [6.45, 7) is 7.72. The van der Waals surface area contributed by atoms with Crippen LogP contribution in [0.15, 0.2) is 29.4 Å². The zero-order valence-electron chi connectivity index (χ0n) is 16.9. The monoisotopic (exact) mass is 497 g/mol. The Balaban J connectivity index is 0.00000280. The van der Waals surface area contributed by atoms with Gasteiger partial charge in [-0.15, -0.1) is 24.0 Å². The minimum Gasteiger partial charge on any atom is -0.361 e. The molecule has 0 atom stereocenters. The van der Waals surface area contributed by atoms with Crippen LogP contribution in [0.25, 0.3) is 10.9 Å². The van der Waals surface area contributed by atoms with E-state index in [4.69, 9.17) is 0 Å². The maximum absolute atomic E-state index is 12.2. The summed E-state index contributed by atoms with van der Waals surface area (Å²) >= 11 is 0. The largest absolute Gasteiger partial charge is 0.361 e. The summed E-state index contributed by atoms with van der Waals surface area (Å²) in [6.07, 6.45) is 6.25. The van der Waals surface area contributed by atoms with Gasteiger partial charge in [0.1, 0.15) is 6.54 Å². The number of benzene rings is 1. The smallest absolute Gasteiger partial charge is 0.244 e. The van der Waals surface area contributed by atoms with Gasteiger partial charge in [-0.05, 0) is 43.7 Å². The predicted octanol–water partition coefficient (Wildman–Crippen LogP) is 3.07. The average Bonchev–Trinajstić information content (AvgIpc) is 3.36. The van der Waals surface area contributed by atoms with Gasteiger partial charge in [-0.25, -0.2) is 4.99 Å². The van der Waals surface area contributed by atoms with Gasteiger partial charge in [-0.1, -0.05) is 25.1 Å². The van der Waals surface area contributed by atoms with Crippen LogP contribution < -0.4 is 10.6 Å². The molecule has 0 radical (unpaired) electrons. The van der Waals surface area contributed by atoms with E-state index >= 15 is 0 Å². The van der Waals surface area contributed by atoms with Gasteiger partial charge in [0.05, 0.1) is 0 Å². The summed E-state index contributed by atoms with van der Waals surface area (Å²) in [5, 5.41) is 7.87. The van der Waals surface area contributed by atoms with Crippen LogP contribution in [-0.4, -0.2) is 54.5 Å². The molecular formula is C21H32IN5O. The number of nitrogens with zero attached hydrogens (tertiary/aromatic N) is 2. The van der Waals surface area contributed by atoms with Gasteiger partial charge < -0.3 is 20.5 Å². The molecule has 0 bridgehead atoms. The topological polar surface area (TPSA) is 72.5 Å². The van der Waals surface area contributed by atoms with E-state index in [1.807, 2.05) is 11.8 Å². The summed E-state index contributed by atoms with van der Waals surface area (Å²) in [4.78, 5) is 22.0. The van der Waals surface area contributed by atoms with Crippen LogP contribution in [0.5, 0.6) is 0 Å². The quantitative estimate of drug-likeness (QED) is 0.313. The highest BCUT2D eigenvalue weighted by Gasteiger charge is 2.17. The zero-order valence-corrected chi connectivity index (χ0v) is 19.2. The van der Waals surface area contributed by atoms with E-state index in [1.54, 1.807) is 0 Å². The molecule has 1 fully saturated rings. The maximum Gasteiger partial charge on any atom is 0.244 e. The Morgan fingerprint density at radius 1 is 1.18 bits per heavy atom. The molecule has 3 N–H and O–H groups in total. The number of rotatable bonds is 7. The van der Waals surface area contributed by atoms with E-state index < -0.39 is 0 Å². The SMILES string of the molecule is CCNC(=NCC(=O)N1CCCC1)NCCc1c[nH]c2c(CC)cccc12.I. The molecule has 0 spiro atoms. The van der Waals surface area contributed by atoms with Gasteiger partial charge in [0.25, 0.3) is 0 Å². The van der Waals surface area contributed by atoms with E-state index in [0.29, 0.717) is 5.96 Å². The number of fused-ring (bicyclic) bond motifs is 1. The number of hydrogen-bond donors (Lipinski definition) is 3. The average molecular weight is 497 g/mol. The number of amides is 1. The lowest BCUT2D eigenvalue weighted by Gasteiger charge is -2.15. The zero-order chi connectivity index (χ0) is 19.1. The van der Waals surface area contributed by atoms with Crippen LogP contribution in [0, 0.1) is 0 Å². The fourth-order valence-electron chi connectivity index (χ4n) is 3.65. The maximum atomic E-state index is 12.2. The standard InChI is InChI=1S/C21H31N5O.HI/c1-3-16-8-7-9-18-17(14-24-20(16)18)10-11-23-21(22-4-2)25-15-19(27)26-12-5-6-13-26;/h7-9,14,24H,3-6,10-13,15H2,1-2H3,(H2,22,23,25);1H. The first-order valence-corrected chi connectivity index (χ1v) is 10.1. The molecule has 1 aromatic heterocycles. The molecule has 1 amide bonds. The second kappa shape index (κ2) is 11.3. The van der Waals surface area contributed by atoms with Crippen molar-refractivity contribution in [3.05, 3.63) is 35.5 Å². The minimum atomic E-state index is 0. The lowest BCUT2D eigenvalue weighted by Crippen LogP contribution is -2.39. The van der Waals surface area contributed by atoms with Gasteiger partial charge in [0.2, 0.25) is 5.91 Å². The summed E-state index contributed by atoms with van der Waals surface area (Å²) in [5.74, 6) is 0.826. The summed E-state index contributed by atoms with van der Waals surface area (Å²) in [5.41, 5.74) is 3.89. The number of carbonyl (C=O) groups is 1. The van der Waals surface area contributed by atoms with E-state index in [-0.39, 0.29) is 36.4 Å². The van der Waals surface area contributed by atoms with Gasteiger partial charge in [-0.2, -0.15) is 0 Å². The normalized spacial score (nSPS) is 14.2. The number of aromatic nitrogens is 1. The van der Waals surface area contributed by atoms with Crippen molar-refractivity contribution in [3.63, 3.8) is 0 Å². The first kappa shape index (κ1) is 22.5. The van der Waals surface area contributed by atoms with Crippen molar-refractivity contribution in [3.8, 4) is 0 Å². The Kier molecular flexibility index (Phi) is 9.08. The molecule has 28 heavy (non-hydrogen) atoms. The number of nitrogens with one attached hydrogen (secondary N) is 3. The van der Waals surface area contributed by atoms with Crippen molar-refractivity contribution in [2.75, 3.05) is 32.7 Å². The van der Waals surface area contributed by atoms with Crippen LogP contribution >= 0.6 is 24.0 Å². The number of likely N-dealkylation sites (tertiary alicyclic amines) is 1. The third-order valence-corrected chi connectivity index (χ3v) is 5.13. The molecule has 0 saturated carbocycles. The number of H-pyrrole nitrogens is 1. The van der Waals surface area contributed by atoms with E-state index in [0.717, 1.165) is 51.9 Å². The number of aromatic amines is 1. The van der Waals surface area contributed by atoms with Crippen molar-refractivity contribution < 1.29 is 4.79 Å². The molecule has 1 saturated heterocycles. The van der Waals surface area contributed by atoms with E-state index in [1.165, 1.54) is 22.0 Å². The van der Waals surface area contributed by atoms with Gasteiger partial charge in [0, 0.05) is 43.3 Å². The number of aryl methyl sites for hydroxylation is 1. The first-order chi connectivity index (χ1) is 13.2. The Morgan fingerprint density at radius 3 is 2.68 bits per heavy atom. The molecule has 154 valence electrons. The summed E-state index contributed by atoms with van der Waals surface area (Å²) in [6, 6.07) is 6.48. The Labute approximate surface area is 184 Å².